The molecule has 110 valence electrons. The molecule has 1 amide bonds. The van der Waals surface area contributed by atoms with Gasteiger partial charge in [-0.05, 0) is 31.8 Å². The van der Waals surface area contributed by atoms with E-state index in [9.17, 15) is 13.6 Å². The molecule has 1 aliphatic rings. The van der Waals surface area contributed by atoms with E-state index < -0.39 is 11.8 Å². The highest BCUT2D eigenvalue weighted by Gasteiger charge is 2.20. The maximum absolute atomic E-state index is 13.3. The van der Waals surface area contributed by atoms with E-state index in [0.29, 0.717) is 12.5 Å². The van der Waals surface area contributed by atoms with Crippen molar-refractivity contribution in [1.29, 1.82) is 0 Å². The highest BCUT2D eigenvalue weighted by molar-refractivity contribution is 5.75. The van der Waals surface area contributed by atoms with E-state index in [2.05, 4.69) is 15.3 Å². The number of carbonyl (C=O) groups excluding carboxylic acids is 1. The van der Waals surface area contributed by atoms with E-state index >= 15 is 0 Å². The lowest BCUT2D eigenvalue weighted by molar-refractivity contribution is -0.119. The van der Waals surface area contributed by atoms with Crippen LogP contribution in [0.2, 0.25) is 0 Å². The highest BCUT2D eigenvalue weighted by Crippen LogP contribution is 2.18. The van der Waals surface area contributed by atoms with E-state index in [0.717, 1.165) is 32.3 Å². The third-order valence-electron chi connectivity index (χ3n) is 3.39. The molecule has 8 heteroatoms. The average Bonchev–Trinajstić information content (AvgIpc) is 2.41. The second-order valence-corrected chi connectivity index (χ2v) is 4.89. The van der Waals surface area contributed by atoms with E-state index in [1.807, 2.05) is 4.90 Å². The molecule has 1 aromatic rings. The van der Waals surface area contributed by atoms with Crippen LogP contribution in [0, 0.1) is 17.7 Å². The number of halogens is 2. The first-order valence-electron chi connectivity index (χ1n) is 6.46. The number of likely N-dealkylation sites (tertiary alicyclic amines) is 1. The summed E-state index contributed by atoms with van der Waals surface area (Å²) in [6.45, 7) is 2.33. The first-order chi connectivity index (χ1) is 9.56. The minimum Gasteiger partial charge on any atom is -0.369 e. The van der Waals surface area contributed by atoms with Crippen molar-refractivity contribution in [3.05, 3.63) is 18.1 Å². The van der Waals surface area contributed by atoms with Crippen molar-refractivity contribution in [3.8, 4) is 0 Å². The average molecular weight is 285 g/mol. The van der Waals surface area contributed by atoms with Gasteiger partial charge in [0, 0.05) is 6.54 Å². The molecule has 1 saturated heterocycles. The molecule has 0 saturated carbocycles. The summed E-state index contributed by atoms with van der Waals surface area (Å²) >= 11 is 0. The summed E-state index contributed by atoms with van der Waals surface area (Å²) in [6, 6.07) is 0. The van der Waals surface area contributed by atoms with Crippen molar-refractivity contribution in [1.82, 2.24) is 14.9 Å². The predicted molar refractivity (Wildman–Crippen MR) is 68.8 cm³/mol. The van der Waals surface area contributed by atoms with Crippen molar-refractivity contribution in [2.75, 3.05) is 31.5 Å². The molecule has 3 N–H and O–H groups in total. The summed E-state index contributed by atoms with van der Waals surface area (Å²) in [7, 11) is 0. The SMILES string of the molecule is NC(=O)CN1CCC(CNc2ncnc(F)c2F)CC1. The molecule has 1 aromatic heterocycles. The molecular formula is C12H17F2N5O. The van der Waals surface area contributed by atoms with Crippen LogP contribution in [0.1, 0.15) is 12.8 Å². The van der Waals surface area contributed by atoms with Gasteiger partial charge in [0.1, 0.15) is 6.33 Å². The lowest BCUT2D eigenvalue weighted by Crippen LogP contribution is -2.40. The molecule has 1 aliphatic heterocycles. The zero-order valence-electron chi connectivity index (χ0n) is 11.0. The second-order valence-electron chi connectivity index (χ2n) is 4.89. The second kappa shape index (κ2) is 6.56. The van der Waals surface area contributed by atoms with Gasteiger partial charge in [-0.25, -0.2) is 9.97 Å². The fourth-order valence-electron chi connectivity index (χ4n) is 2.28. The number of amides is 1. The molecule has 0 aliphatic carbocycles. The number of hydrogen-bond acceptors (Lipinski definition) is 5. The summed E-state index contributed by atoms with van der Waals surface area (Å²) in [5.74, 6) is -2.33. The van der Waals surface area contributed by atoms with Gasteiger partial charge in [0.05, 0.1) is 6.54 Å². The van der Waals surface area contributed by atoms with Crippen molar-refractivity contribution in [2.45, 2.75) is 12.8 Å². The van der Waals surface area contributed by atoms with Gasteiger partial charge in [-0.3, -0.25) is 9.69 Å². The van der Waals surface area contributed by atoms with Crippen LogP contribution in [0.3, 0.4) is 0 Å². The lowest BCUT2D eigenvalue weighted by atomic mass is 9.97. The van der Waals surface area contributed by atoms with Gasteiger partial charge in [-0.1, -0.05) is 0 Å². The van der Waals surface area contributed by atoms with Crippen molar-refractivity contribution >= 4 is 11.7 Å². The van der Waals surface area contributed by atoms with Crippen molar-refractivity contribution in [2.24, 2.45) is 11.7 Å². The van der Waals surface area contributed by atoms with Crippen LogP contribution in [0.4, 0.5) is 14.6 Å². The van der Waals surface area contributed by atoms with Crippen LogP contribution >= 0.6 is 0 Å². The van der Waals surface area contributed by atoms with Gasteiger partial charge in [0.2, 0.25) is 11.7 Å². The zero-order chi connectivity index (χ0) is 14.5. The number of nitrogens with one attached hydrogen (secondary N) is 1. The van der Waals surface area contributed by atoms with Gasteiger partial charge in [-0.15, -0.1) is 0 Å². The van der Waals surface area contributed by atoms with Crippen LogP contribution in [-0.4, -0.2) is 47.0 Å². The largest absolute Gasteiger partial charge is 0.369 e. The van der Waals surface area contributed by atoms with Gasteiger partial charge in [0.15, 0.2) is 5.82 Å². The summed E-state index contributed by atoms with van der Waals surface area (Å²) in [5, 5.41) is 2.80. The number of piperidine rings is 1. The quantitative estimate of drug-likeness (QED) is 0.763. The molecular weight excluding hydrogens is 268 g/mol. The summed E-state index contributed by atoms with van der Waals surface area (Å²) in [4.78, 5) is 19.6. The van der Waals surface area contributed by atoms with Gasteiger partial charge in [0.25, 0.3) is 5.95 Å². The molecule has 0 unspecified atom stereocenters. The van der Waals surface area contributed by atoms with Crippen LogP contribution in [0.15, 0.2) is 6.33 Å². The number of rotatable bonds is 5. The molecule has 0 spiro atoms. The van der Waals surface area contributed by atoms with Crippen molar-refractivity contribution in [3.63, 3.8) is 0 Å². The van der Waals surface area contributed by atoms with Crippen LogP contribution in [0.25, 0.3) is 0 Å². The van der Waals surface area contributed by atoms with Crippen LogP contribution in [0.5, 0.6) is 0 Å². The van der Waals surface area contributed by atoms with Crippen molar-refractivity contribution < 1.29 is 13.6 Å². The Labute approximate surface area is 115 Å². The monoisotopic (exact) mass is 285 g/mol. The number of nitrogens with two attached hydrogens (primary N) is 1. The molecule has 1 fully saturated rings. The third kappa shape index (κ3) is 3.83. The minimum atomic E-state index is -1.15. The molecule has 2 rings (SSSR count). The number of anilines is 1. The van der Waals surface area contributed by atoms with Gasteiger partial charge < -0.3 is 11.1 Å². The molecule has 0 bridgehead atoms. The third-order valence-corrected chi connectivity index (χ3v) is 3.39. The Balaban J connectivity index is 1.79. The standard InChI is InChI=1S/C12H17F2N5O/c13-10-11(14)17-7-18-12(10)16-5-8-1-3-19(4-2-8)6-9(15)20/h7-8H,1-6H2,(H2,15,20)(H,16,17,18). The molecule has 0 aromatic carbocycles. The molecule has 2 heterocycles. The minimum absolute atomic E-state index is 0.114. The zero-order valence-corrected chi connectivity index (χ0v) is 11.0. The number of hydrogen-bond donors (Lipinski definition) is 2. The van der Waals surface area contributed by atoms with Crippen LogP contribution in [-0.2, 0) is 4.79 Å². The first kappa shape index (κ1) is 14.6. The molecule has 20 heavy (non-hydrogen) atoms. The Hall–Kier alpha value is -1.83. The Kier molecular flexibility index (Phi) is 4.78. The van der Waals surface area contributed by atoms with Crippen LogP contribution < -0.4 is 11.1 Å². The maximum Gasteiger partial charge on any atom is 0.254 e. The number of nitrogens with zero attached hydrogens (tertiary/aromatic N) is 3. The number of aromatic nitrogens is 2. The van der Waals surface area contributed by atoms with E-state index in [4.69, 9.17) is 5.73 Å². The smallest absolute Gasteiger partial charge is 0.254 e. The fraction of sp³-hybridized carbons (Fsp3) is 0.583. The topological polar surface area (TPSA) is 84.1 Å². The lowest BCUT2D eigenvalue weighted by Gasteiger charge is -2.31. The van der Waals surface area contributed by atoms with Gasteiger partial charge >= 0.3 is 0 Å². The normalized spacial score (nSPS) is 17.1. The summed E-state index contributed by atoms with van der Waals surface area (Å²) in [5.41, 5.74) is 5.14. The van der Waals surface area contributed by atoms with E-state index in [1.54, 1.807) is 0 Å². The number of carbonyl (C=O) groups is 1. The Bertz CT molecular complexity index is 477. The fourth-order valence-corrected chi connectivity index (χ4v) is 2.28. The maximum atomic E-state index is 13.3. The Morgan fingerprint density at radius 3 is 2.75 bits per heavy atom. The Morgan fingerprint density at radius 2 is 2.10 bits per heavy atom. The molecule has 0 radical (unpaired) electrons. The van der Waals surface area contributed by atoms with Gasteiger partial charge in [-0.2, -0.15) is 8.78 Å². The molecule has 0 atom stereocenters. The molecule has 6 nitrogen and oxygen atoms in total. The summed E-state index contributed by atoms with van der Waals surface area (Å²) in [6.07, 6.45) is 2.72. The predicted octanol–water partition coefficient (Wildman–Crippen LogP) is 0.364. The Morgan fingerprint density at radius 1 is 1.40 bits per heavy atom. The highest BCUT2D eigenvalue weighted by atomic mass is 19.2. The first-order valence-corrected chi connectivity index (χ1v) is 6.46. The van der Waals surface area contributed by atoms with E-state index in [-0.39, 0.29) is 18.3 Å². The number of primary amides is 1. The van der Waals surface area contributed by atoms with E-state index in [1.165, 1.54) is 0 Å². The summed E-state index contributed by atoms with van der Waals surface area (Å²) < 4.78 is 26.2.